The van der Waals surface area contributed by atoms with Crippen LogP contribution in [0.1, 0.15) is 0 Å². The maximum Gasteiger partial charge on any atom is 0.411 e. The van der Waals surface area contributed by atoms with Gasteiger partial charge in [-0.25, -0.2) is 0 Å². The summed E-state index contributed by atoms with van der Waals surface area (Å²) in [5.41, 5.74) is 7.01. The molecule has 0 saturated carbocycles. The molecular weight excluding hydrogens is 233 g/mol. The third kappa shape index (κ3) is 2.91. The molecule has 1 heterocycles. The van der Waals surface area contributed by atoms with Crippen molar-refractivity contribution in [2.24, 2.45) is 0 Å². The van der Waals surface area contributed by atoms with Gasteiger partial charge in [0, 0.05) is 17.3 Å². The van der Waals surface area contributed by atoms with E-state index in [1.54, 1.807) is 35.0 Å². The van der Waals surface area contributed by atoms with Crippen molar-refractivity contribution in [3.8, 4) is 0 Å². The van der Waals surface area contributed by atoms with E-state index in [1.165, 1.54) is 0 Å². The molecule has 0 aliphatic heterocycles. The predicted molar refractivity (Wildman–Crippen MR) is 58.4 cm³/mol. The van der Waals surface area contributed by atoms with Crippen LogP contribution < -0.4 is 5.73 Å². The molecule has 0 saturated heterocycles. The van der Waals surface area contributed by atoms with Crippen LogP contribution in [0.2, 0.25) is 0 Å². The monoisotopic (exact) mass is 244 g/mol. The molecular formula is C11H11F3N2O. The average molecular weight is 244 g/mol. The molecule has 1 aromatic carbocycles. The Bertz CT molecular complexity index is 519. The van der Waals surface area contributed by atoms with E-state index in [0.717, 1.165) is 10.9 Å². The number of nitrogens with two attached hydrogens (primary N) is 1. The van der Waals surface area contributed by atoms with Gasteiger partial charge in [0.2, 0.25) is 0 Å². The zero-order valence-corrected chi connectivity index (χ0v) is 8.87. The quantitative estimate of drug-likeness (QED) is 0.843. The van der Waals surface area contributed by atoms with Gasteiger partial charge in [0.1, 0.15) is 13.3 Å². The van der Waals surface area contributed by atoms with Crippen LogP contribution in [-0.4, -0.2) is 17.4 Å². The number of ether oxygens (including phenoxy) is 1. The van der Waals surface area contributed by atoms with Crippen LogP contribution in [0, 0.1) is 0 Å². The summed E-state index contributed by atoms with van der Waals surface area (Å²) >= 11 is 0. The second-order valence-corrected chi connectivity index (χ2v) is 3.70. The Kier molecular flexibility index (Phi) is 2.97. The number of benzene rings is 1. The maximum atomic E-state index is 11.9. The largest absolute Gasteiger partial charge is 0.411 e. The highest BCUT2D eigenvalue weighted by Crippen LogP contribution is 2.20. The van der Waals surface area contributed by atoms with Crippen molar-refractivity contribution in [3.05, 3.63) is 30.5 Å². The Morgan fingerprint density at radius 1 is 1.24 bits per heavy atom. The van der Waals surface area contributed by atoms with E-state index in [0.29, 0.717) is 5.69 Å². The van der Waals surface area contributed by atoms with Crippen molar-refractivity contribution >= 4 is 16.6 Å². The van der Waals surface area contributed by atoms with Gasteiger partial charge in [-0.05, 0) is 24.3 Å². The summed E-state index contributed by atoms with van der Waals surface area (Å²) in [6.45, 7) is -1.38. The van der Waals surface area contributed by atoms with E-state index in [4.69, 9.17) is 5.73 Å². The molecule has 0 amide bonds. The van der Waals surface area contributed by atoms with Gasteiger partial charge in [-0.1, -0.05) is 0 Å². The van der Waals surface area contributed by atoms with Crippen molar-refractivity contribution in [3.63, 3.8) is 0 Å². The molecule has 0 fully saturated rings. The maximum absolute atomic E-state index is 11.9. The minimum absolute atomic E-state index is 0.132. The minimum atomic E-state index is -4.30. The second kappa shape index (κ2) is 4.29. The van der Waals surface area contributed by atoms with Crippen molar-refractivity contribution in [2.75, 3.05) is 12.3 Å². The van der Waals surface area contributed by atoms with Crippen LogP contribution >= 0.6 is 0 Å². The molecule has 0 aliphatic carbocycles. The summed E-state index contributed by atoms with van der Waals surface area (Å²) in [7, 11) is 0. The van der Waals surface area contributed by atoms with Crippen LogP contribution in [0.4, 0.5) is 18.9 Å². The summed E-state index contributed by atoms with van der Waals surface area (Å²) < 4.78 is 41.9. The number of halogens is 3. The lowest BCUT2D eigenvalue weighted by molar-refractivity contribution is -0.181. The first-order valence-electron chi connectivity index (χ1n) is 4.94. The van der Waals surface area contributed by atoms with Gasteiger partial charge >= 0.3 is 6.18 Å². The number of anilines is 1. The predicted octanol–water partition coefficient (Wildman–Crippen LogP) is 2.76. The lowest BCUT2D eigenvalue weighted by atomic mass is 10.2. The normalized spacial score (nSPS) is 12.2. The van der Waals surface area contributed by atoms with Gasteiger partial charge < -0.3 is 15.0 Å². The van der Waals surface area contributed by atoms with Gasteiger partial charge in [-0.3, -0.25) is 0 Å². The van der Waals surface area contributed by atoms with Crippen molar-refractivity contribution in [1.29, 1.82) is 0 Å². The molecule has 2 aromatic rings. The van der Waals surface area contributed by atoms with E-state index in [2.05, 4.69) is 4.74 Å². The highest BCUT2D eigenvalue weighted by molar-refractivity contribution is 5.83. The molecule has 3 nitrogen and oxygen atoms in total. The number of hydrogen-bond donors (Lipinski definition) is 1. The van der Waals surface area contributed by atoms with Crippen LogP contribution in [0.5, 0.6) is 0 Å². The van der Waals surface area contributed by atoms with Gasteiger partial charge in [0.25, 0.3) is 0 Å². The number of hydrogen-bond acceptors (Lipinski definition) is 2. The van der Waals surface area contributed by atoms with E-state index < -0.39 is 12.8 Å². The molecule has 1 aromatic heterocycles. The van der Waals surface area contributed by atoms with E-state index in [-0.39, 0.29) is 6.73 Å². The molecule has 0 unspecified atom stereocenters. The Balaban J connectivity index is 2.09. The zero-order valence-electron chi connectivity index (χ0n) is 8.87. The number of nitrogen functional groups attached to an aromatic ring is 1. The Morgan fingerprint density at radius 2 is 2.00 bits per heavy atom. The topological polar surface area (TPSA) is 40.2 Å². The first-order chi connectivity index (χ1) is 7.96. The van der Waals surface area contributed by atoms with E-state index in [9.17, 15) is 13.2 Å². The smallest absolute Gasteiger partial charge is 0.399 e. The third-order valence-corrected chi connectivity index (χ3v) is 2.29. The lowest BCUT2D eigenvalue weighted by Gasteiger charge is -2.09. The van der Waals surface area contributed by atoms with Crippen LogP contribution in [0.15, 0.2) is 30.5 Å². The summed E-state index contributed by atoms with van der Waals surface area (Å²) in [5, 5.41) is 0.876. The summed E-state index contributed by atoms with van der Waals surface area (Å²) in [4.78, 5) is 0. The standard InChI is InChI=1S/C11H11F3N2O/c12-11(13,14)6-17-7-16-4-3-8-5-9(15)1-2-10(8)16/h1-5H,6-7,15H2. The number of aromatic nitrogens is 1. The van der Waals surface area contributed by atoms with Gasteiger partial charge in [0.05, 0.1) is 5.52 Å². The number of fused-ring (bicyclic) bond motifs is 1. The molecule has 0 spiro atoms. The van der Waals surface area contributed by atoms with Crippen LogP contribution in [0.3, 0.4) is 0 Å². The second-order valence-electron chi connectivity index (χ2n) is 3.70. The fraction of sp³-hybridized carbons (Fsp3) is 0.273. The Labute approximate surface area is 95.6 Å². The summed E-state index contributed by atoms with van der Waals surface area (Å²) in [6.07, 6.45) is -2.63. The Hall–Kier alpha value is -1.69. The van der Waals surface area contributed by atoms with E-state index in [1.807, 2.05) is 0 Å². The molecule has 0 radical (unpaired) electrons. The van der Waals surface area contributed by atoms with Gasteiger partial charge in [-0.15, -0.1) is 0 Å². The molecule has 0 bridgehead atoms. The number of nitrogens with zero attached hydrogens (tertiary/aromatic N) is 1. The molecule has 0 aliphatic rings. The van der Waals surface area contributed by atoms with Crippen molar-refractivity contribution in [2.45, 2.75) is 12.9 Å². The highest BCUT2D eigenvalue weighted by Gasteiger charge is 2.27. The van der Waals surface area contributed by atoms with Gasteiger partial charge in [-0.2, -0.15) is 13.2 Å². The molecule has 2 N–H and O–H groups in total. The summed E-state index contributed by atoms with van der Waals surface area (Å²) in [5.74, 6) is 0. The molecule has 92 valence electrons. The molecule has 2 rings (SSSR count). The molecule has 6 heteroatoms. The third-order valence-electron chi connectivity index (χ3n) is 2.29. The fourth-order valence-electron chi connectivity index (χ4n) is 1.59. The first-order valence-corrected chi connectivity index (χ1v) is 4.94. The zero-order chi connectivity index (χ0) is 12.5. The van der Waals surface area contributed by atoms with Crippen molar-refractivity contribution in [1.82, 2.24) is 4.57 Å². The van der Waals surface area contributed by atoms with Gasteiger partial charge in [0.15, 0.2) is 0 Å². The average Bonchev–Trinajstić information content (AvgIpc) is 2.59. The first kappa shape index (κ1) is 11.8. The van der Waals surface area contributed by atoms with Crippen molar-refractivity contribution < 1.29 is 17.9 Å². The highest BCUT2D eigenvalue weighted by atomic mass is 19.4. The molecule has 17 heavy (non-hydrogen) atoms. The fourth-order valence-corrected chi connectivity index (χ4v) is 1.59. The minimum Gasteiger partial charge on any atom is -0.399 e. The number of alkyl halides is 3. The Morgan fingerprint density at radius 3 is 2.71 bits per heavy atom. The molecule has 0 atom stereocenters. The number of rotatable bonds is 3. The lowest BCUT2D eigenvalue weighted by Crippen LogP contribution is -2.18. The van der Waals surface area contributed by atoms with Crippen LogP contribution in [-0.2, 0) is 11.5 Å². The van der Waals surface area contributed by atoms with E-state index >= 15 is 0 Å². The summed E-state index contributed by atoms with van der Waals surface area (Å²) in [6, 6.07) is 6.99. The van der Waals surface area contributed by atoms with Crippen LogP contribution in [0.25, 0.3) is 10.9 Å². The SMILES string of the molecule is Nc1ccc2c(ccn2COCC(F)(F)F)c1.